The first-order chi connectivity index (χ1) is 7.36. The van der Waals surface area contributed by atoms with Crippen molar-refractivity contribution >= 4 is 0 Å². The summed E-state index contributed by atoms with van der Waals surface area (Å²) in [5.74, 6) is 3.69. The summed E-state index contributed by atoms with van der Waals surface area (Å²) in [6.07, 6.45) is 5.76. The van der Waals surface area contributed by atoms with Crippen molar-refractivity contribution in [2.75, 3.05) is 19.8 Å². The molecule has 0 aliphatic rings. The Kier molecular flexibility index (Phi) is 5.44. The predicted molar refractivity (Wildman–Crippen MR) is 55.0 cm³/mol. The Labute approximate surface area is 89.2 Å². The predicted octanol–water partition coefficient (Wildman–Crippen LogP) is 0.371. The van der Waals surface area contributed by atoms with Crippen LogP contribution in [-0.2, 0) is 17.7 Å². The van der Waals surface area contributed by atoms with Gasteiger partial charge < -0.3 is 9.26 Å². The summed E-state index contributed by atoms with van der Waals surface area (Å²) < 4.78 is 10.2. The van der Waals surface area contributed by atoms with E-state index in [-0.39, 0.29) is 0 Å². The Morgan fingerprint density at radius 2 is 2.47 bits per heavy atom. The van der Waals surface area contributed by atoms with Gasteiger partial charge >= 0.3 is 0 Å². The third kappa shape index (κ3) is 4.58. The monoisotopic (exact) mass is 209 g/mol. The summed E-state index contributed by atoms with van der Waals surface area (Å²) in [5.41, 5.74) is 0. The number of terminal acetylenes is 1. The van der Waals surface area contributed by atoms with Gasteiger partial charge in [0.2, 0.25) is 5.89 Å². The van der Waals surface area contributed by atoms with Crippen molar-refractivity contribution in [3.05, 3.63) is 11.7 Å². The molecular weight excluding hydrogens is 194 g/mol. The second kappa shape index (κ2) is 6.98. The van der Waals surface area contributed by atoms with Crippen molar-refractivity contribution in [1.29, 1.82) is 0 Å². The highest BCUT2D eigenvalue weighted by Crippen LogP contribution is 1.97. The topological polar surface area (TPSA) is 60.2 Å². The van der Waals surface area contributed by atoms with Gasteiger partial charge in [-0.25, -0.2) is 0 Å². The van der Waals surface area contributed by atoms with E-state index in [1.165, 1.54) is 0 Å². The van der Waals surface area contributed by atoms with Gasteiger partial charge in [0, 0.05) is 13.0 Å². The smallest absolute Gasteiger partial charge is 0.240 e. The van der Waals surface area contributed by atoms with Gasteiger partial charge in [0.15, 0.2) is 5.82 Å². The molecule has 0 bridgehead atoms. The molecule has 5 nitrogen and oxygen atoms in total. The highest BCUT2D eigenvalue weighted by molar-refractivity contribution is 4.90. The van der Waals surface area contributed by atoms with Gasteiger partial charge in [0.1, 0.15) is 0 Å². The average Bonchev–Trinajstić information content (AvgIpc) is 2.67. The molecule has 0 aliphatic heterocycles. The molecule has 0 radical (unpaired) electrons. The van der Waals surface area contributed by atoms with Crippen molar-refractivity contribution < 1.29 is 9.26 Å². The maximum Gasteiger partial charge on any atom is 0.240 e. The Hall–Kier alpha value is -1.38. The van der Waals surface area contributed by atoms with Crippen LogP contribution < -0.4 is 5.32 Å². The Morgan fingerprint density at radius 1 is 1.60 bits per heavy atom. The van der Waals surface area contributed by atoms with Gasteiger partial charge in [-0.15, -0.1) is 6.42 Å². The minimum Gasteiger partial charge on any atom is -0.381 e. The van der Waals surface area contributed by atoms with E-state index in [9.17, 15) is 0 Å². The lowest BCUT2D eigenvalue weighted by Crippen LogP contribution is -2.13. The minimum absolute atomic E-state index is 0.497. The van der Waals surface area contributed by atoms with E-state index in [1.807, 2.05) is 6.92 Å². The van der Waals surface area contributed by atoms with Crippen molar-refractivity contribution in [1.82, 2.24) is 15.5 Å². The van der Waals surface area contributed by atoms with E-state index >= 15 is 0 Å². The zero-order valence-electron chi connectivity index (χ0n) is 8.82. The summed E-state index contributed by atoms with van der Waals surface area (Å²) in [4.78, 5) is 4.16. The number of hydrogen-bond acceptors (Lipinski definition) is 5. The molecule has 0 aliphatic carbocycles. The summed E-state index contributed by atoms with van der Waals surface area (Å²) >= 11 is 0. The molecule has 0 saturated carbocycles. The van der Waals surface area contributed by atoms with Crippen LogP contribution in [0.25, 0.3) is 0 Å². The first-order valence-corrected chi connectivity index (χ1v) is 4.90. The van der Waals surface area contributed by atoms with Gasteiger partial charge in [-0.05, 0) is 6.92 Å². The molecule has 1 aromatic heterocycles. The van der Waals surface area contributed by atoms with Crippen LogP contribution in [-0.4, -0.2) is 29.9 Å². The second-order valence-corrected chi connectivity index (χ2v) is 2.86. The highest BCUT2D eigenvalue weighted by Gasteiger charge is 2.04. The Bertz CT molecular complexity index is 317. The maximum absolute atomic E-state index is 5.18. The van der Waals surface area contributed by atoms with Crippen LogP contribution in [0.1, 0.15) is 18.6 Å². The van der Waals surface area contributed by atoms with Gasteiger partial charge in [0.25, 0.3) is 0 Å². The molecule has 0 saturated heterocycles. The van der Waals surface area contributed by atoms with Crippen LogP contribution in [0.4, 0.5) is 0 Å². The van der Waals surface area contributed by atoms with Crippen LogP contribution in [0.15, 0.2) is 4.52 Å². The summed E-state index contributed by atoms with van der Waals surface area (Å²) in [6.45, 7) is 4.27. The molecule has 1 aromatic rings. The van der Waals surface area contributed by atoms with Gasteiger partial charge in [-0.1, -0.05) is 11.1 Å². The molecule has 0 atom stereocenters. The quantitative estimate of drug-likeness (QED) is 0.519. The number of ether oxygens (including phenoxy) is 1. The molecule has 82 valence electrons. The molecule has 1 N–H and O–H groups in total. The van der Waals surface area contributed by atoms with Crippen LogP contribution in [0, 0.1) is 12.3 Å². The van der Waals surface area contributed by atoms with Gasteiger partial charge in [0.05, 0.1) is 19.7 Å². The number of nitrogens with one attached hydrogen (secondary N) is 1. The van der Waals surface area contributed by atoms with E-state index in [2.05, 4.69) is 21.4 Å². The second-order valence-electron chi connectivity index (χ2n) is 2.86. The first-order valence-electron chi connectivity index (χ1n) is 4.90. The summed E-state index contributed by atoms with van der Waals surface area (Å²) in [6, 6.07) is 0. The molecule has 15 heavy (non-hydrogen) atoms. The molecular formula is C10H15N3O2. The minimum atomic E-state index is 0.497. The fourth-order valence-corrected chi connectivity index (χ4v) is 1.01. The number of rotatable bonds is 7. The molecule has 0 fully saturated rings. The number of nitrogens with zero attached hydrogens (tertiary/aromatic N) is 2. The van der Waals surface area contributed by atoms with Crippen molar-refractivity contribution in [2.45, 2.75) is 19.9 Å². The molecule has 1 heterocycles. The number of aromatic nitrogens is 2. The molecule has 0 unspecified atom stereocenters. The lowest BCUT2D eigenvalue weighted by Gasteiger charge is -1.95. The van der Waals surface area contributed by atoms with E-state index in [4.69, 9.17) is 15.7 Å². The average molecular weight is 209 g/mol. The van der Waals surface area contributed by atoms with Crippen LogP contribution >= 0.6 is 0 Å². The summed E-state index contributed by atoms with van der Waals surface area (Å²) in [5, 5.41) is 6.78. The third-order valence-electron chi connectivity index (χ3n) is 1.69. The molecule has 1 rings (SSSR count). The van der Waals surface area contributed by atoms with Crippen LogP contribution in [0.5, 0.6) is 0 Å². The Morgan fingerprint density at radius 3 is 3.20 bits per heavy atom. The number of hydrogen-bond donors (Lipinski definition) is 1. The molecule has 0 amide bonds. The maximum atomic E-state index is 5.18. The summed E-state index contributed by atoms with van der Waals surface area (Å²) in [7, 11) is 0. The van der Waals surface area contributed by atoms with Crippen LogP contribution in [0.3, 0.4) is 0 Å². The SMILES string of the molecule is C#CCNCc1nc(CCOCC)no1. The van der Waals surface area contributed by atoms with Crippen molar-refractivity contribution in [3.8, 4) is 12.3 Å². The van der Waals surface area contributed by atoms with E-state index in [1.54, 1.807) is 0 Å². The lowest BCUT2D eigenvalue weighted by molar-refractivity contribution is 0.149. The zero-order chi connectivity index (χ0) is 10.9. The molecule has 5 heteroatoms. The van der Waals surface area contributed by atoms with E-state index in [0.717, 1.165) is 0 Å². The van der Waals surface area contributed by atoms with Crippen molar-refractivity contribution in [2.24, 2.45) is 0 Å². The third-order valence-corrected chi connectivity index (χ3v) is 1.69. The molecule has 0 spiro atoms. The van der Waals surface area contributed by atoms with Gasteiger partial charge in [-0.3, -0.25) is 5.32 Å². The standard InChI is InChI=1S/C10H15N3O2/c1-3-6-11-8-10-12-9(13-15-10)5-7-14-4-2/h1,11H,4-8H2,2H3. The first kappa shape index (κ1) is 11.7. The van der Waals surface area contributed by atoms with Crippen molar-refractivity contribution in [3.63, 3.8) is 0 Å². The van der Waals surface area contributed by atoms with E-state index in [0.29, 0.717) is 44.4 Å². The normalized spacial score (nSPS) is 10.1. The largest absolute Gasteiger partial charge is 0.381 e. The van der Waals surface area contributed by atoms with Gasteiger partial charge in [-0.2, -0.15) is 4.98 Å². The highest BCUT2D eigenvalue weighted by atomic mass is 16.5. The lowest BCUT2D eigenvalue weighted by atomic mass is 10.4. The van der Waals surface area contributed by atoms with E-state index < -0.39 is 0 Å². The fraction of sp³-hybridized carbons (Fsp3) is 0.600. The van der Waals surface area contributed by atoms with Crippen LogP contribution in [0.2, 0.25) is 0 Å². The molecule has 0 aromatic carbocycles. The zero-order valence-corrected chi connectivity index (χ0v) is 8.82. The fourth-order valence-electron chi connectivity index (χ4n) is 1.01. The Balaban J connectivity index is 2.26.